The van der Waals surface area contributed by atoms with Crippen LogP contribution in [0.2, 0.25) is 0 Å². The second-order valence-corrected chi connectivity index (χ2v) is 13.1. The van der Waals surface area contributed by atoms with Gasteiger partial charge >= 0.3 is 0 Å². The molecule has 5 heterocycles. The van der Waals surface area contributed by atoms with E-state index in [2.05, 4.69) is 36.7 Å². The van der Waals surface area contributed by atoms with Gasteiger partial charge in [-0.2, -0.15) is 10.2 Å². The molecule has 1 amide bonds. The molecule has 3 aromatic heterocycles. The molecule has 0 radical (unpaired) electrons. The normalized spacial score (nSPS) is 24.4. The smallest absolute Gasteiger partial charge is 0.246 e. The van der Waals surface area contributed by atoms with Crippen LogP contribution in [0.4, 0.5) is 5.00 Å². The molecule has 12 heteroatoms. The molecule has 2 saturated heterocycles. The van der Waals surface area contributed by atoms with E-state index >= 15 is 0 Å². The Bertz CT molecular complexity index is 1580. The third-order valence-corrected chi connectivity index (χ3v) is 10.1. The minimum absolute atomic E-state index is 0.0934. The van der Waals surface area contributed by atoms with E-state index in [0.717, 1.165) is 49.1 Å². The molecular formula is C31H37N7O4S. The van der Waals surface area contributed by atoms with Crippen LogP contribution in [0, 0.1) is 11.3 Å². The van der Waals surface area contributed by atoms with Gasteiger partial charge in [0.15, 0.2) is 0 Å². The van der Waals surface area contributed by atoms with Gasteiger partial charge in [0.1, 0.15) is 34.7 Å². The number of carbonyl (C=O) groups excluding carboxylic acids is 1. The molecule has 1 aliphatic carbocycles. The number of ether oxygens (including phenoxy) is 2. The summed E-state index contributed by atoms with van der Waals surface area (Å²) in [6.45, 7) is 9.81. The Morgan fingerprint density at radius 1 is 1.33 bits per heavy atom. The highest BCUT2D eigenvalue weighted by Gasteiger charge is 2.43. The van der Waals surface area contributed by atoms with Gasteiger partial charge in [-0.05, 0) is 65.6 Å². The van der Waals surface area contributed by atoms with Gasteiger partial charge in [0.05, 0.1) is 17.5 Å². The van der Waals surface area contributed by atoms with Crippen LogP contribution < -0.4 is 15.2 Å². The third kappa shape index (κ3) is 5.47. The van der Waals surface area contributed by atoms with E-state index < -0.39 is 5.41 Å². The van der Waals surface area contributed by atoms with Crippen molar-refractivity contribution in [1.82, 2.24) is 24.9 Å². The highest BCUT2D eigenvalue weighted by molar-refractivity contribution is 7.16. The van der Waals surface area contributed by atoms with Crippen LogP contribution in [-0.2, 0) is 16.6 Å². The molecule has 2 aliphatic heterocycles. The number of carbonyl (C=O) groups is 1. The van der Waals surface area contributed by atoms with E-state index in [-0.39, 0.29) is 24.2 Å². The summed E-state index contributed by atoms with van der Waals surface area (Å²) >= 11 is 1.47. The molecule has 6 rings (SSSR count). The minimum atomic E-state index is -0.641. The number of hydrogen-bond donors (Lipinski definition) is 1. The maximum atomic E-state index is 12.1. The molecule has 0 unspecified atom stereocenters. The summed E-state index contributed by atoms with van der Waals surface area (Å²) < 4.78 is 18.6. The SMILES string of the molecule is C=CC(=O)N1CC[C@H](Oc2cc(O[C@@H](C)[C@@H]3CCCN3C)nc(-c3noc([C@@]4(C)CCCc5sc(N)c(C#N)c54)n3)c2)C1. The molecule has 3 aromatic rings. The summed E-state index contributed by atoms with van der Waals surface area (Å²) in [5.74, 6) is 1.59. The van der Waals surface area contributed by atoms with Gasteiger partial charge < -0.3 is 24.6 Å². The van der Waals surface area contributed by atoms with Crippen molar-refractivity contribution in [3.8, 4) is 29.2 Å². The monoisotopic (exact) mass is 603 g/mol. The number of fused-ring (bicyclic) bond motifs is 1. The summed E-state index contributed by atoms with van der Waals surface area (Å²) in [6.07, 6.45) is 6.49. The number of likely N-dealkylation sites (N-methyl/N-ethyl adjacent to an activating group) is 1. The number of amides is 1. The quantitative estimate of drug-likeness (QED) is 0.370. The summed E-state index contributed by atoms with van der Waals surface area (Å²) in [5.41, 5.74) is 7.42. The second kappa shape index (κ2) is 11.6. The van der Waals surface area contributed by atoms with Crippen molar-refractivity contribution in [3.05, 3.63) is 46.7 Å². The topological polar surface area (TPSA) is 144 Å². The van der Waals surface area contributed by atoms with Crippen molar-refractivity contribution in [2.45, 2.75) is 76.0 Å². The number of rotatable bonds is 8. The largest absolute Gasteiger partial charge is 0.488 e. The average molecular weight is 604 g/mol. The van der Waals surface area contributed by atoms with Crippen molar-refractivity contribution >= 4 is 22.2 Å². The Hall–Kier alpha value is -3.95. The Kier molecular flexibility index (Phi) is 7.87. The molecular weight excluding hydrogens is 566 g/mol. The van der Waals surface area contributed by atoms with Crippen molar-refractivity contribution in [2.24, 2.45) is 0 Å². The molecule has 3 aliphatic rings. The van der Waals surface area contributed by atoms with Crippen LogP contribution in [0.3, 0.4) is 0 Å². The molecule has 0 bridgehead atoms. The number of aromatic nitrogens is 3. The maximum absolute atomic E-state index is 12.1. The fourth-order valence-corrected chi connectivity index (χ4v) is 7.92. The lowest BCUT2D eigenvalue weighted by Crippen LogP contribution is -2.38. The zero-order valence-electron chi connectivity index (χ0n) is 24.8. The van der Waals surface area contributed by atoms with Gasteiger partial charge in [0.25, 0.3) is 0 Å². The van der Waals surface area contributed by atoms with E-state index in [1.165, 1.54) is 17.4 Å². The molecule has 0 aromatic carbocycles. The van der Waals surface area contributed by atoms with E-state index in [0.29, 0.717) is 59.1 Å². The predicted molar refractivity (Wildman–Crippen MR) is 162 cm³/mol. The second-order valence-electron chi connectivity index (χ2n) is 11.9. The van der Waals surface area contributed by atoms with Gasteiger partial charge in [0, 0.05) is 41.6 Å². The third-order valence-electron chi connectivity index (χ3n) is 9.01. The minimum Gasteiger partial charge on any atom is -0.488 e. The van der Waals surface area contributed by atoms with Crippen molar-refractivity contribution < 1.29 is 18.8 Å². The lowest BCUT2D eigenvalue weighted by Gasteiger charge is -2.30. The molecule has 4 atom stereocenters. The molecule has 2 fully saturated rings. The fraction of sp³-hybridized carbons (Fsp3) is 0.516. The highest BCUT2D eigenvalue weighted by Crippen LogP contribution is 2.48. The van der Waals surface area contributed by atoms with E-state index in [9.17, 15) is 10.1 Å². The first-order valence-electron chi connectivity index (χ1n) is 14.8. The highest BCUT2D eigenvalue weighted by atomic mass is 32.1. The Labute approximate surface area is 255 Å². The van der Waals surface area contributed by atoms with Gasteiger partial charge in [-0.3, -0.25) is 9.69 Å². The van der Waals surface area contributed by atoms with Gasteiger partial charge in [-0.1, -0.05) is 11.7 Å². The zero-order chi connectivity index (χ0) is 30.3. The van der Waals surface area contributed by atoms with Crippen LogP contribution in [0.15, 0.2) is 29.3 Å². The van der Waals surface area contributed by atoms with Crippen molar-refractivity contribution in [1.29, 1.82) is 5.26 Å². The molecule has 11 nitrogen and oxygen atoms in total. The molecule has 0 saturated carbocycles. The number of nitrogen functional groups attached to an aromatic ring is 1. The summed E-state index contributed by atoms with van der Waals surface area (Å²) in [5, 5.41) is 14.7. The van der Waals surface area contributed by atoms with Gasteiger partial charge in [-0.15, -0.1) is 11.3 Å². The van der Waals surface area contributed by atoms with Crippen LogP contribution in [-0.4, -0.2) is 75.8 Å². The molecule has 226 valence electrons. The molecule has 0 spiro atoms. The summed E-state index contributed by atoms with van der Waals surface area (Å²) in [6, 6.07) is 6.14. The Morgan fingerprint density at radius 2 is 2.16 bits per heavy atom. The molecule has 2 N–H and O–H groups in total. The number of pyridine rings is 1. The van der Waals surface area contributed by atoms with Crippen LogP contribution in [0.25, 0.3) is 11.5 Å². The number of nitriles is 1. The first-order valence-corrected chi connectivity index (χ1v) is 15.6. The lowest BCUT2D eigenvalue weighted by molar-refractivity contribution is -0.125. The average Bonchev–Trinajstić information content (AvgIpc) is 3.79. The van der Waals surface area contributed by atoms with Gasteiger partial charge in [-0.25, -0.2) is 4.98 Å². The summed E-state index contributed by atoms with van der Waals surface area (Å²) in [7, 11) is 2.11. The number of likely N-dealkylation sites (tertiary alicyclic amines) is 2. The van der Waals surface area contributed by atoms with Crippen LogP contribution >= 0.6 is 11.3 Å². The first-order chi connectivity index (χ1) is 20.7. The van der Waals surface area contributed by atoms with Gasteiger partial charge in [0.2, 0.25) is 23.5 Å². The number of hydrogen-bond acceptors (Lipinski definition) is 11. The lowest BCUT2D eigenvalue weighted by atomic mass is 9.72. The predicted octanol–water partition coefficient (Wildman–Crippen LogP) is 4.32. The number of thiophene rings is 1. The zero-order valence-corrected chi connectivity index (χ0v) is 25.7. The Balaban J connectivity index is 1.32. The number of anilines is 1. The van der Waals surface area contributed by atoms with Crippen LogP contribution in [0.5, 0.6) is 11.6 Å². The molecule has 43 heavy (non-hydrogen) atoms. The van der Waals surface area contributed by atoms with E-state index in [1.54, 1.807) is 17.0 Å². The van der Waals surface area contributed by atoms with E-state index in [4.69, 9.17) is 29.7 Å². The fourth-order valence-electron chi connectivity index (χ4n) is 6.73. The standard InChI is InChI=1S/C31H37N7O4S/c1-5-26(39)38-13-10-19(17-38)41-20-14-22(34-25(15-20)40-18(2)23-8-7-12-37(23)4)29-35-30(42-36-29)31(3)11-6-9-24-27(31)21(16-32)28(33)43-24/h5,14-15,18-19,23H,1,6-13,17,33H2,2-4H3/t18-,19-,23-,31-/m0/s1. The maximum Gasteiger partial charge on any atom is 0.246 e. The number of nitrogens with zero attached hydrogens (tertiary/aromatic N) is 6. The van der Waals surface area contributed by atoms with Crippen LogP contribution in [0.1, 0.15) is 67.8 Å². The van der Waals surface area contributed by atoms with Crippen molar-refractivity contribution in [2.75, 3.05) is 32.4 Å². The van der Waals surface area contributed by atoms with E-state index in [1.807, 2.05) is 6.92 Å². The number of nitrogens with two attached hydrogens (primary N) is 1. The number of aryl methyl sites for hydroxylation is 1. The Morgan fingerprint density at radius 3 is 2.91 bits per heavy atom. The summed E-state index contributed by atoms with van der Waals surface area (Å²) in [4.78, 5) is 26.9. The first kappa shape index (κ1) is 29.1. The van der Waals surface area contributed by atoms with Crippen molar-refractivity contribution in [3.63, 3.8) is 0 Å².